The standard InChI is InChI=1S/C14H15ClFN3/c1-2-19-14(11-7-17-9-18-8-11)5-10-3-4-12(16)6-13(10)15/h3-4,6-9,14,19H,2,5H2,1H3. The average Bonchev–Trinajstić information content (AvgIpc) is 2.42. The Morgan fingerprint density at radius 2 is 2.05 bits per heavy atom. The molecule has 1 aromatic carbocycles. The van der Waals surface area contributed by atoms with Crippen LogP contribution < -0.4 is 5.32 Å². The summed E-state index contributed by atoms with van der Waals surface area (Å²) in [6.07, 6.45) is 5.72. The van der Waals surface area contributed by atoms with Gasteiger partial charge in [0, 0.05) is 29.0 Å². The Balaban J connectivity index is 2.21. The van der Waals surface area contributed by atoms with Crippen molar-refractivity contribution in [3.63, 3.8) is 0 Å². The molecule has 2 aromatic rings. The molecule has 0 saturated heterocycles. The van der Waals surface area contributed by atoms with Gasteiger partial charge < -0.3 is 5.32 Å². The van der Waals surface area contributed by atoms with Crippen LogP contribution in [0.4, 0.5) is 4.39 Å². The Hall–Kier alpha value is -1.52. The number of nitrogens with zero attached hydrogens (tertiary/aromatic N) is 2. The molecule has 3 nitrogen and oxygen atoms in total. The zero-order valence-corrected chi connectivity index (χ0v) is 11.4. The lowest BCUT2D eigenvalue weighted by molar-refractivity contribution is 0.545. The fraction of sp³-hybridized carbons (Fsp3) is 0.286. The monoisotopic (exact) mass is 279 g/mol. The summed E-state index contributed by atoms with van der Waals surface area (Å²) in [5, 5.41) is 3.80. The predicted molar refractivity (Wildman–Crippen MR) is 73.6 cm³/mol. The number of halogens is 2. The van der Waals surface area contributed by atoms with Gasteiger partial charge in [-0.05, 0) is 30.7 Å². The van der Waals surface area contributed by atoms with Crippen LogP contribution >= 0.6 is 11.6 Å². The minimum Gasteiger partial charge on any atom is -0.310 e. The molecule has 1 unspecified atom stereocenters. The lowest BCUT2D eigenvalue weighted by atomic mass is 10.0. The van der Waals surface area contributed by atoms with Crippen molar-refractivity contribution in [3.8, 4) is 0 Å². The summed E-state index contributed by atoms with van der Waals surface area (Å²) in [4.78, 5) is 8.04. The van der Waals surface area contributed by atoms with Crippen LogP contribution in [0.25, 0.3) is 0 Å². The van der Waals surface area contributed by atoms with E-state index in [4.69, 9.17) is 11.6 Å². The number of rotatable bonds is 5. The van der Waals surface area contributed by atoms with Crippen LogP contribution in [0.2, 0.25) is 5.02 Å². The number of aromatic nitrogens is 2. The second kappa shape index (κ2) is 6.59. The minimum atomic E-state index is -0.322. The Morgan fingerprint density at radius 3 is 2.68 bits per heavy atom. The Bertz CT molecular complexity index is 533. The van der Waals surface area contributed by atoms with E-state index in [1.54, 1.807) is 18.5 Å². The zero-order valence-electron chi connectivity index (χ0n) is 10.6. The molecule has 19 heavy (non-hydrogen) atoms. The summed E-state index contributed by atoms with van der Waals surface area (Å²) in [6.45, 7) is 2.85. The molecule has 1 heterocycles. The third-order valence-electron chi connectivity index (χ3n) is 2.87. The SMILES string of the molecule is CCNC(Cc1ccc(F)cc1Cl)c1cncnc1. The van der Waals surface area contributed by atoms with Crippen LogP contribution in [0.3, 0.4) is 0 Å². The highest BCUT2D eigenvalue weighted by atomic mass is 35.5. The highest BCUT2D eigenvalue weighted by Crippen LogP contribution is 2.23. The second-order valence-electron chi connectivity index (χ2n) is 4.22. The van der Waals surface area contributed by atoms with Crippen LogP contribution in [0.5, 0.6) is 0 Å². The molecule has 1 aromatic heterocycles. The van der Waals surface area contributed by atoms with Gasteiger partial charge >= 0.3 is 0 Å². The maximum atomic E-state index is 13.0. The van der Waals surface area contributed by atoms with Crippen LogP contribution in [-0.2, 0) is 6.42 Å². The van der Waals surface area contributed by atoms with Gasteiger partial charge in [-0.15, -0.1) is 0 Å². The molecule has 0 aliphatic heterocycles. The molecule has 1 atom stereocenters. The van der Waals surface area contributed by atoms with Gasteiger partial charge in [-0.3, -0.25) is 0 Å². The quantitative estimate of drug-likeness (QED) is 0.914. The number of benzene rings is 1. The fourth-order valence-corrected chi connectivity index (χ4v) is 2.20. The number of hydrogen-bond donors (Lipinski definition) is 1. The van der Waals surface area contributed by atoms with E-state index in [0.717, 1.165) is 17.7 Å². The summed E-state index contributed by atoms with van der Waals surface area (Å²) in [5.74, 6) is -0.322. The van der Waals surface area contributed by atoms with Crippen LogP contribution in [0, 0.1) is 5.82 Å². The van der Waals surface area contributed by atoms with Crippen LogP contribution in [-0.4, -0.2) is 16.5 Å². The van der Waals surface area contributed by atoms with E-state index >= 15 is 0 Å². The van der Waals surface area contributed by atoms with Crippen molar-refractivity contribution in [2.45, 2.75) is 19.4 Å². The molecular weight excluding hydrogens is 265 g/mol. The maximum Gasteiger partial charge on any atom is 0.124 e. The van der Waals surface area contributed by atoms with E-state index < -0.39 is 0 Å². The average molecular weight is 280 g/mol. The minimum absolute atomic E-state index is 0.0640. The molecule has 0 amide bonds. The van der Waals surface area contributed by atoms with Gasteiger partial charge in [-0.25, -0.2) is 14.4 Å². The third kappa shape index (κ3) is 3.72. The molecule has 0 radical (unpaired) electrons. The largest absolute Gasteiger partial charge is 0.310 e. The van der Waals surface area contributed by atoms with E-state index in [0.29, 0.717) is 11.4 Å². The smallest absolute Gasteiger partial charge is 0.124 e. The van der Waals surface area contributed by atoms with Crippen molar-refractivity contribution in [1.82, 2.24) is 15.3 Å². The molecule has 5 heteroatoms. The molecule has 0 aliphatic rings. The molecule has 0 aliphatic carbocycles. The molecule has 100 valence electrons. The first-order valence-electron chi connectivity index (χ1n) is 6.13. The first kappa shape index (κ1) is 13.9. The first-order valence-corrected chi connectivity index (χ1v) is 6.50. The van der Waals surface area contributed by atoms with E-state index in [2.05, 4.69) is 15.3 Å². The van der Waals surface area contributed by atoms with E-state index in [1.165, 1.54) is 18.5 Å². The molecule has 1 N–H and O–H groups in total. The maximum absolute atomic E-state index is 13.0. The summed E-state index contributed by atoms with van der Waals surface area (Å²) in [5.41, 5.74) is 1.89. The number of nitrogens with one attached hydrogen (secondary N) is 1. The van der Waals surface area contributed by atoms with Crippen molar-refractivity contribution >= 4 is 11.6 Å². The van der Waals surface area contributed by atoms with Crippen molar-refractivity contribution in [2.24, 2.45) is 0 Å². The normalized spacial score (nSPS) is 12.4. The van der Waals surface area contributed by atoms with Gasteiger partial charge in [0.2, 0.25) is 0 Å². The second-order valence-corrected chi connectivity index (χ2v) is 4.63. The zero-order chi connectivity index (χ0) is 13.7. The summed E-state index contributed by atoms with van der Waals surface area (Å²) >= 11 is 6.06. The Morgan fingerprint density at radius 1 is 1.32 bits per heavy atom. The predicted octanol–water partition coefficient (Wildman–Crippen LogP) is 3.16. The third-order valence-corrected chi connectivity index (χ3v) is 3.22. The van der Waals surface area contributed by atoms with Gasteiger partial charge in [0.15, 0.2) is 0 Å². The molecule has 0 spiro atoms. The van der Waals surface area contributed by atoms with Gasteiger partial charge in [0.1, 0.15) is 12.1 Å². The van der Waals surface area contributed by atoms with E-state index in [-0.39, 0.29) is 11.9 Å². The Labute approximate surface area is 116 Å². The van der Waals surface area contributed by atoms with Crippen LogP contribution in [0.15, 0.2) is 36.9 Å². The molecular formula is C14H15ClFN3. The van der Waals surface area contributed by atoms with Crippen molar-refractivity contribution in [1.29, 1.82) is 0 Å². The highest BCUT2D eigenvalue weighted by Gasteiger charge is 2.13. The van der Waals surface area contributed by atoms with E-state index in [9.17, 15) is 4.39 Å². The molecule has 0 fully saturated rings. The van der Waals surface area contributed by atoms with Crippen molar-refractivity contribution < 1.29 is 4.39 Å². The molecule has 0 saturated carbocycles. The molecule has 2 rings (SSSR count). The fourth-order valence-electron chi connectivity index (χ4n) is 1.95. The van der Waals surface area contributed by atoms with E-state index in [1.807, 2.05) is 6.92 Å². The summed E-state index contributed by atoms with van der Waals surface area (Å²) in [7, 11) is 0. The van der Waals surface area contributed by atoms with Gasteiger partial charge in [-0.2, -0.15) is 0 Å². The summed E-state index contributed by atoms with van der Waals surface area (Å²) in [6, 6.07) is 4.54. The van der Waals surface area contributed by atoms with Crippen LogP contribution in [0.1, 0.15) is 24.1 Å². The van der Waals surface area contributed by atoms with Crippen molar-refractivity contribution in [3.05, 3.63) is 58.9 Å². The number of hydrogen-bond acceptors (Lipinski definition) is 3. The van der Waals surface area contributed by atoms with Gasteiger partial charge in [-0.1, -0.05) is 24.6 Å². The lowest BCUT2D eigenvalue weighted by Gasteiger charge is -2.18. The number of likely N-dealkylation sites (N-methyl/N-ethyl adjacent to an activating group) is 1. The van der Waals surface area contributed by atoms with Gasteiger partial charge in [0.05, 0.1) is 0 Å². The highest BCUT2D eigenvalue weighted by molar-refractivity contribution is 6.31. The van der Waals surface area contributed by atoms with Gasteiger partial charge in [0.25, 0.3) is 0 Å². The Kier molecular flexibility index (Phi) is 4.82. The lowest BCUT2D eigenvalue weighted by Crippen LogP contribution is -2.23. The first-order chi connectivity index (χ1) is 9.20. The van der Waals surface area contributed by atoms with Crippen molar-refractivity contribution in [2.75, 3.05) is 6.54 Å². The molecule has 0 bridgehead atoms. The summed E-state index contributed by atoms with van der Waals surface area (Å²) < 4.78 is 13.0. The topological polar surface area (TPSA) is 37.8 Å².